The summed E-state index contributed by atoms with van der Waals surface area (Å²) >= 11 is 0. The molecule has 0 saturated carbocycles. The SMILES string of the molecule is CCCOc1ccc(S(=O)(=O)N2CCC(CCON[O-])(CCO[N+](=O)O)CC2)cc1-c1nc2c(CCC)cn(CC)c2c(=O)[nH]1. The molecule has 45 heavy (non-hydrogen) atoms. The van der Waals surface area contributed by atoms with Crippen LogP contribution in [0.2, 0.25) is 0 Å². The summed E-state index contributed by atoms with van der Waals surface area (Å²) in [7, 11) is -3.98. The fourth-order valence-corrected chi connectivity index (χ4v) is 7.39. The van der Waals surface area contributed by atoms with Crippen LogP contribution in [0, 0.1) is 15.5 Å². The molecule has 0 unspecified atom stereocenters. The maximum atomic E-state index is 13.9. The number of ether oxygens (including phenoxy) is 1. The molecule has 248 valence electrons. The number of hydrogen-bond donors (Lipinski definition) is 3. The highest BCUT2D eigenvalue weighted by atomic mass is 32.2. The molecule has 0 atom stereocenters. The van der Waals surface area contributed by atoms with Gasteiger partial charge in [-0.25, -0.2) is 18.6 Å². The van der Waals surface area contributed by atoms with Crippen LogP contribution in [0.25, 0.3) is 22.4 Å². The van der Waals surface area contributed by atoms with E-state index in [4.69, 9.17) is 19.8 Å². The predicted molar refractivity (Wildman–Crippen MR) is 165 cm³/mol. The molecule has 4 rings (SSSR count). The number of nitrogens with zero attached hydrogens (tertiary/aromatic N) is 4. The van der Waals surface area contributed by atoms with Crippen LogP contribution in [0.4, 0.5) is 0 Å². The van der Waals surface area contributed by atoms with E-state index in [-0.39, 0.29) is 42.6 Å². The fraction of sp³-hybridized carbons (Fsp3) is 0.586. The second-order valence-corrected chi connectivity index (χ2v) is 13.2. The van der Waals surface area contributed by atoms with Gasteiger partial charge in [-0.1, -0.05) is 20.3 Å². The standard InChI is InChI=1S/C29H42N6O9S/c1-4-7-21-20-33(6-3)26-25(21)30-27(31-28(26)36)23-19-22(8-9-24(23)42-16-5-2)45(40,41)34-14-10-29(11-15-34,12-17-43-32-37)13-18-44-35(38)39/h8-9,19-20,32H,4-7,10-18H2,1-3H3,(H,38,39)(H,30,31,36). The number of benzene rings is 1. The molecular formula is C29H42N6O9S. The minimum atomic E-state index is -3.98. The minimum absolute atomic E-state index is 0.0287. The van der Waals surface area contributed by atoms with E-state index in [0.29, 0.717) is 61.2 Å². The van der Waals surface area contributed by atoms with Crippen molar-refractivity contribution in [3.63, 3.8) is 0 Å². The van der Waals surface area contributed by atoms with Gasteiger partial charge in [0, 0.05) is 25.8 Å². The van der Waals surface area contributed by atoms with Gasteiger partial charge in [0.15, 0.2) is 6.61 Å². The number of aromatic amines is 1. The number of fused-ring (bicyclic) bond motifs is 1. The van der Waals surface area contributed by atoms with Crippen molar-refractivity contribution in [2.24, 2.45) is 5.41 Å². The Kier molecular flexibility index (Phi) is 11.5. The van der Waals surface area contributed by atoms with Gasteiger partial charge < -0.3 is 24.3 Å². The van der Waals surface area contributed by atoms with Crippen LogP contribution >= 0.6 is 0 Å². The molecule has 1 aliphatic heterocycles. The smallest absolute Gasteiger partial charge is 0.475 e. The van der Waals surface area contributed by atoms with E-state index in [0.717, 1.165) is 24.8 Å². The molecule has 3 aromatic rings. The third-order valence-corrected chi connectivity index (χ3v) is 10.3. The van der Waals surface area contributed by atoms with Crippen molar-refractivity contribution >= 4 is 21.1 Å². The number of piperidine rings is 1. The van der Waals surface area contributed by atoms with Crippen molar-refractivity contribution in [3.05, 3.63) is 50.4 Å². The molecule has 1 fully saturated rings. The van der Waals surface area contributed by atoms with Crippen molar-refractivity contribution in [1.82, 2.24) is 24.5 Å². The molecule has 3 N–H and O–H groups in total. The topological polar surface area (TPSA) is 191 Å². The number of sulfonamides is 1. The molecule has 1 aromatic carbocycles. The molecule has 15 nitrogen and oxygen atoms in total. The molecule has 1 aliphatic rings. The number of H-pyrrole nitrogens is 1. The summed E-state index contributed by atoms with van der Waals surface area (Å²) in [5.74, 6) is 0.633. The van der Waals surface area contributed by atoms with Crippen LogP contribution in [0.5, 0.6) is 5.75 Å². The maximum Gasteiger partial charge on any atom is 0.475 e. The molecular weight excluding hydrogens is 608 g/mol. The van der Waals surface area contributed by atoms with E-state index in [2.05, 4.69) is 16.7 Å². The van der Waals surface area contributed by atoms with Gasteiger partial charge in [-0.15, -0.1) is 0 Å². The third-order valence-electron chi connectivity index (χ3n) is 8.37. The highest BCUT2D eigenvalue weighted by molar-refractivity contribution is 7.89. The molecule has 1 saturated heterocycles. The lowest BCUT2D eigenvalue weighted by molar-refractivity contribution is -0.975. The lowest BCUT2D eigenvalue weighted by Crippen LogP contribution is -2.44. The first kappa shape index (κ1) is 34.3. The summed E-state index contributed by atoms with van der Waals surface area (Å²) in [5, 5.41) is 18.8. The first-order valence-electron chi connectivity index (χ1n) is 15.3. The summed E-state index contributed by atoms with van der Waals surface area (Å²) in [6.45, 7) is 7.30. The van der Waals surface area contributed by atoms with Gasteiger partial charge in [-0.3, -0.25) is 10.4 Å². The van der Waals surface area contributed by atoms with Crippen molar-refractivity contribution in [3.8, 4) is 17.1 Å². The van der Waals surface area contributed by atoms with E-state index in [1.54, 1.807) is 6.07 Å². The molecule has 0 bridgehead atoms. The highest BCUT2D eigenvalue weighted by Gasteiger charge is 2.39. The van der Waals surface area contributed by atoms with Crippen LogP contribution in [-0.2, 0) is 32.7 Å². The number of rotatable bonds is 17. The Labute approximate surface area is 261 Å². The van der Waals surface area contributed by atoms with Gasteiger partial charge in [0.2, 0.25) is 10.0 Å². The number of aryl methyl sites for hydroxylation is 2. The molecule has 0 spiro atoms. The van der Waals surface area contributed by atoms with E-state index in [1.165, 1.54) is 22.1 Å². The van der Waals surface area contributed by atoms with Crippen LogP contribution < -0.4 is 15.9 Å². The third kappa shape index (κ3) is 7.81. The zero-order chi connectivity index (χ0) is 32.6. The summed E-state index contributed by atoms with van der Waals surface area (Å²) in [4.78, 5) is 41.3. The Morgan fingerprint density at radius 3 is 2.51 bits per heavy atom. The largest absolute Gasteiger partial charge is 0.765 e. The van der Waals surface area contributed by atoms with Crippen molar-refractivity contribution in [2.75, 3.05) is 32.9 Å². The quantitative estimate of drug-likeness (QED) is 0.142. The van der Waals surface area contributed by atoms with E-state index < -0.39 is 20.5 Å². The monoisotopic (exact) mass is 650 g/mol. The molecule has 2 aromatic heterocycles. The molecule has 0 radical (unpaired) electrons. The molecule has 0 aliphatic carbocycles. The zero-order valence-corrected chi connectivity index (χ0v) is 26.7. The van der Waals surface area contributed by atoms with Crippen molar-refractivity contribution < 1.29 is 33.1 Å². The van der Waals surface area contributed by atoms with Gasteiger partial charge in [-0.05, 0) is 74.6 Å². The van der Waals surface area contributed by atoms with Crippen LogP contribution in [0.3, 0.4) is 0 Å². The maximum absolute atomic E-state index is 13.9. The van der Waals surface area contributed by atoms with Gasteiger partial charge in [0.25, 0.3) is 5.56 Å². The van der Waals surface area contributed by atoms with Crippen LogP contribution in [0.1, 0.15) is 64.9 Å². The predicted octanol–water partition coefficient (Wildman–Crippen LogP) is 3.82. The van der Waals surface area contributed by atoms with Crippen LogP contribution in [0.15, 0.2) is 34.1 Å². The number of nitrogens with one attached hydrogen (secondary N) is 2. The van der Waals surface area contributed by atoms with E-state index in [9.17, 15) is 23.3 Å². The second-order valence-electron chi connectivity index (χ2n) is 11.2. The van der Waals surface area contributed by atoms with E-state index >= 15 is 0 Å². The lowest BCUT2D eigenvalue weighted by Gasteiger charge is -2.41. The van der Waals surface area contributed by atoms with Crippen molar-refractivity contribution in [2.45, 2.75) is 77.2 Å². The Morgan fingerprint density at radius 2 is 1.87 bits per heavy atom. The van der Waals surface area contributed by atoms with Gasteiger partial charge in [0.1, 0.15) is 22.0 Å². The lowest BCUT2D eigenvalue weighted by atomic mass is 9.74. The van der Waals surface area contributed by atoms with Crippen molar-refractivity contribution in [1.29, 1.82) is 0 Å². The first-order valence-corrected chi connectivity index (χ1v) is 16.7. The first-order chi connectivity index (χ1) is 21.6. The normalized spacial score (nSPS) is 15.4. The van der Waals surface area contributed by atoms with Gasteiger partial charge in [0.05, 0.1) is 29.2 Å². The highest BCUT2D eigenvalue weighted by Crippen LogP contribution is 2.40. The number of aromatic nitrogens is 3. The molecule has 16 heteroatoms. The zero-order valence-electron chi connectivity index (χ0n) is 25.9. The fourth-order valence-electron chi connectivity index (χ4n) is 5.92. The Balaban J connectivity index is 1.68. The average Bonchev–Trinajstić information content (AvgIpc) is 3.38. The Bertz CT molecular complexity index is 1630. The number of hydrogen-bond acceptors (Lipinski definition) is 10. The minimum Gasteiger partial charge on any atom is -0.765 e. The Morgan fingerprint density at radius 1 is 1.13 bits per heavy atom. The van der Waals surface area contributed by atoms with E-state index in [1.807, 2.05) is 24.6 Å². The van der Waals surface area contributed by atoms with Crippen LogP contribution in [-0.4, -0.2) is 70.5 Å². The molecule has 3 heterocycles. The average molecular weight is 651 g/mol. The summed E-state index contributed by atoms with van der Waals surface area (Å²) in [5.41, 5.74) is 2.97. The summed E-state index contributed by atoms with van der Waals surface area (Å²) in [6, 6.07) is 4.58. The molecule has 0 amide bonds. The summed E-state index contributed by atoms with van der Waals surface area (Å²) < 4.78 is 37.1. The Hall–Kier alpha value is -3.57. The van der Waals surface area contributed by atoms with Gasteiger partial charge in [-0.2, -0.15) is 9.14 Å². The second kappa shape index (κ2) is 15.1. The van der Waals surface area contributed by atoms with Gasteiger partial charge >= 0.3 is 5.09 Å². The summed E-state index contributed by atoms with van der Waals surface area (Å²) in [6.07, 6.45) is 5.86.